The van der Waals surface area contributed by atoms with Crippen LogP contribution in [0.4, 0.5) is 0 Å². The second kappa shape index (κ2) is 5.77. The van der Waals surface area contributed by atoms with Crippen molar-refractivity contribution in [2.45, 2.75) is 19.1 Å². The van der Waals surface area contributed by atoms with Gasteiger partial charge >= 0.3 is 5.97 Å². The average molecular weight is 207 g/mol. The Hall–Kier alpha value is 0.0149. The summed E-state index contributed by atoms with van der Waals surface area (Å²) in [5.74, 6) is -0.0219. The number of methoxy groups -OCH3 is 1. The van der Waals surface area contributed by atoms with E-state index < -0.39 is 0 Å². The average Bonchev–Trinajstić information content (AvgIpc) is 1.99. The summed E-state index contributed by atoms with van der Waals surface area (Å²) in [5, 5.41) is 0.862. The van der Waals surface area contributed by atoms with Crippen LogP contribution in [0.25, 0.3) is 0 Å². The van der Waals surface area contributed by atoms with Crippen molar-refractivity contribution in [1.29, 1.82) is 0 Å². The highest BCUT2D eigenvalue weighted by Crippen LogP contribution is 2.12. The minimum absolute atomic E-state index is 0.0735. The predicted octanol–water partition coefficient (Wildman–Crippen LogP) is 1.22. The number of esters is 1. The Morgan fingerprint density at radius 1 is 1.80 bits per heavy atom. The van der Waals surface area contributed by atoms with Gasteiger partial charge in [0.2, 0.25) is 0 Å². The lowest BCUT2D eigenvalue weighted by Crippen LogP contribution is -2.15. The van der Waals surface area contributed by atoms with Crippen LogP contribution in [0.15, 0.2) is 0 Å². The van der Waals surface area contributed by atoms with E-state index in [2.05, 4.69) is 20.7 Å². The fraction of sp³-hybridized carbons (Fsp3) is 0.833. The van der Waals surface area contributed by atoms with Crippen molar-refractivity contribution in [2.24, 2.45) is 0 Å². The molecule has 0 saturated heterocycles. The summed E-state index contributed by atoms with van der Waals surface area (Å²) in [6.07, 6.45) is 0.864. The zero-order chi connectivity index (χ0) is 7.98. The van der Waals surface area contributed by atoms with Crippen molar-refractivity contribution in [3.63, 3.8) is 0 Å². The van der Waals surface area contributed by atoms with Crippen LogP contribution >= 0.6 is 15.9 Å². The summed E-state index contributed by atoms with van der Waals surface area (Å²) >= 11 is 3.28. The van der Waals surface area contributed by atoms with E-state index in [0.29, 0.717) is 0 Å². The van der Waals surface area contributed by atoms with E-state index in [1.165, 1.54) is 7.11 Å². The number of carbonyl (C=O) groups excluding carboxylic acids is 1. The molecule has 0 N–H and O–H groups in total. The van der Waals surface area contributed by atoms with Gasteiger partial charge in [-0.15, -0.1) is 0 Å². The van der Waals surface area contributed by atoms with Crippen molar-refractivity contribution >= 4 is 29.2 Å². The van der Waals surface area contributed by atoms with E-state index in [1.807, 2.05) is 6.82 Å². The second-order valence-corrected chi connectivity index (χ2v) is 2.90. The van der Waals surface area contributed by atoms with Crippen LogP contribution in [0.3, 0.4) is 0 Å². The largest absolute Gasteiger partial charge is 0.469 e. The summed E-state index contributed by atoms with van der Waals surface area (Å²) in [7, 11) is 2.29. The number of ether oxygens (including phenoxy) is 1. The van der Waals surface area contributed by atoms with Crippen LogP contribution < -0.4 is 0 Å². The normalized spacial score (nSPS) is 12.3. The van der Waals surface area contributed by atoms with Gasteiger partial charge in [0, 0.05) is 11.1 Å². The van der Waals surface area contributed by atoms with E-state index in [1.54, 1.807) is 0 Å². The molecule has 0 aromatic carbocycles. The molecule has 0 aliphatic rings. The predicted molar refractivity (Wildman–Crippen MR) is 47.2 cm³/mol. The molecular formula is C6H12BBrO2. The Morgan fingerprint density at radius 2 is 2.40 bits per heavy atom. The third-order valence-electron chi connectivity index (χ3n) is 1.48. The minimum atomic E-state index is -0.0954. The molecule has 0 amide bonds. The van der Waals surface area contributed by atoms with E-state index in [0.717, 1.165) is 19.0 Å². The van der Waals surface area contributed by atoms with Crippen LogP contribution in [-0.4, -0.2) is 25.7 Å². The van der Waals surface area contributed by atoms with E-state index >= 15 is 0 Å². The van der Waals surface area contributed by atoms with Gasteiger partial charge in [0.25, 0.3) is 0 Å². The van der Waals surface area contributed by atoms with Gasteiger partial charge in [-0.1, -0.05) is 22.8 Å². The zero-order valence-corrected chi connectivity index (χ0v) is 7.98. The van der Waals surface area contributed by atoms with Gasteiger partial charge in [0.15, 0.2) is 0 Å². The maximum absolute atomic E-state index is 10.9. The third kappa shape index (κ3) is 3.25. The quantitative estimate of drug-likeness (QED) is 0.393. The highest BCUT2D eigenvalue weighted by atomic mass is 79.9. The number of hydrogen-bond acceptors (Lipinski definition) is 2. The molecule has 0 aliphatic carbocycles. The molecule has 1 atom stereocenters. The van der Waals surface area contributed by atoms with E-state index in [-0.39, 0.29) is 11.8 Å². The molecule has 1 unspecified atom stereocenters. The summed E-state index contributed by atoms with van der Waals surface area (Å²) in [6.45, 7) is 1.99. The minimum Gasteiger partial charge on any atom is -0.469 e. The molecule has 10 heavy (non-hydrogen) atoms. The van der Waals surface area contributed by atoms with Gasteiger partial charge in [-0.2, -0.15) is 0 Å². The molecule has 0 rings (SSSR count). The maximum Gasteiger partial charge on any atom is 0.300 e. The number of halogens is 1. The number of hydrogen-bond donors (Lipinski definition) is 0. The molecule has 0 heterocycles. The Bertz CT molecular complexity index is 108. The lowest BCUT2D eigenvalue weighted by atomic mass is 9.66. The second-order valence-electron chi connectivity index (χ2n) is 2.11. The highest BCUT2D eigenvalue weighted by Gasteiger charge is 2.15. The first kappa shape index (κ1) is 10.0. The van der Waals surface area contributed by atoms with Crippen LogP contribution in [0, 0.1) is 0 Å². The summed E-state index contributed by atoms with van der Waals surface area (Å²) in [6, 6.07) is 0. The summed E-state index contributed by atoms with van der Waals surface area (Å²) in [4.78, 5) is 10.9. The molecule has 0 saturated carbocycles. The van der Waals surface area contributed by atoms with Crippen LogP contribution in [0.1, 0.15) is 6.42 Å². The SMILES string of the molecule is CBC(CCBr)C(=O)OC. The molecule has 0 aromatic rings. The molecule has 2 nitrogen and oxygen atoms in total. The van der Waals surface area contributed by atoms with Gasteiger partial charge in [0.05, 0.1) is 7.11 Å². The van der Waals surface area contributed by atoms with E-state index in [9.17, 15) is 4.79 Å². The molecule has 0 aliphatic heterocycles. The first-order valence-corrected chi connectivity index (χ1v) is 4.52. The molecule has 58 valence electrons. The van der Waals surface area contributed by atoms with Gasteiger partial charge in [-0.3, -0.25) is 4.79 Å². The maximum atomic E-state index is 10.9. The number of carbonyl (C=O) groups is 1. The Kier molecular flexibility index (Phi) is 5.78. The Balaban J connectivity index is 3.68. The van der Waals surface area contributed by atoms with Crippen LogP contribution in [-0.2, 0) is 9.53 Å². The first-order chi connectivity index (χ1) is 4.76. The van der Waals surface area contributed by atoms with Crippen LogP contribution in [0.2, 0.25) is 12.6 Å². The van der Waals surface area contributed by atoms with Crippen molar-refractivity contribution in [3.8, 4) is 0 Å². The fourth-order valence-corrected chi connectivity index (χ4v) is 1.34. The van der Waals surface area contributed by atoms with Gasteiger partial charge < -0.3 is 4.74 Å². The van der Waals surface area contributed by atoms with Crippen LogP contribution in [0.5, 0.6) is 0 Å². The molecule has 0 bridgehead atoms. The molecule has 0 fully saturated rings. The smallest absolute Gasteiger partial charge is 0.300 e. The lowest BCUT2D eigenvalue weighted by molar-refractivity contribution is -0.140. The molecule has 4 heteroatoms. The summed E-state index contributed by atoms with van der Waals surface area (Å²) in [5.41, 5.74) is 0. The first-order valence-electron chi connectivity index (χ1n) is 3.40. The van der Waals surface area contributed by atoms with Crippen molar-refractivity contribution in [3.05, 3.63) is 0 Å². The molecule has 0 aromatic heterocycles. The molecule has 0 radical (unpaired) electrons. The number of rotatable bonds is 4. The number of alkyl halides is 1. The lowest BCUT2D eigenvalue weighted by Gasteiger charge is -2.08. The topological polar surface area (TPSA) is 26.3 Å². The summed E-state index contributed by atoms with van der Waals surface area (Å²) < 4.78 is 4.60. The van der Waals surface area contributed by atoms with Gasteiger partial charge in [-0.25, -0.2) is 0 Å². The molecular weight excluding hydrogens is 195 g/mol. The Labute approximate surface area is 70.7 Å². The molecule has 0 spiro atoms. The fourth-order valence-electron chi connectivity index (χ4n) is 0.787. The Morgan fingerprint density at radius 3 is 2.70 bits per heavy atom. The van der Waals surface area contributed by atoms with Gasteiger partial charge in [-0.05, 0) is 6.42 Å². The van der Waals surface area contributed by atoms with Crippen molar-refractivity contribution < 1.29 is 9.53 Å². The van der Waals surface area contributed by atoms with Crippen molar-refractivity contribution in [1.82, 2.24) is 0 Å². The third-order valence-corrected chi connectivity index (χ3v) is 1.94. The standard InChI is InChI=1S/C6H12BBrO2/c1-7-5(3-4-8)6(9)10-2/h5,7H,3-4H2,1-2H3. The van der Waals surface area contributed by atoms with E-state index in [4.69, 9.17) is 0 Å². The highest BCUT2D eigenvalue weighted by molar-refractivity contribution is 9.09. The van der Waals surface area contributed by atoms with Crippen molar-refractivity contribution in [2.75, 3.05) is 12.4 Å². The monoisotopic (exact) mass is 206 g/mol. The van der Waals surface area contributed by atoms with Gasteiger partial charge in [0.1, 0.15) is 7.28 Å². The zero-order valence-electron chi connectivity index (χ0n) is 6.39.